The van der Waals surface area contributed by atoms with E-state index in [0.717, 1.165) is 29.5 Å². The molecule has 3 N–H and O–H groups in total. The van der Waals surface area contributed by atoms with Crippen LogP contribution in [0.15, 0.2) is 53.5 Å². The van der Waals surface area contributed by atoms with E-state index in [1.165, 1.54) is 6.92 Å². The number of aliphatic imine (C=N–C) groups is 1. The van der Waals surface area contributed by atoms with E-state index in [1.54, 1.807) is 6.07 Å². The van der Waals surface area contributed by atoms with Gasteiger partial charge >= 0.3 is 0 Å². The first-order valence-corrected chi connectivity index (χ1v) is 9.71. The molecule has 0 saturated heterocycles. The highest BCUT2D eigenvalue weighted by Crippen LogP contribution is 2.17. The van der Waals surface area contributed by atoms with Crippen molar-refractivity contribution in [2.45, 2.75) is 20.3 Å². The Labute approximate surface area is 171 Å². The highest BCUT2D eigenvalue weighted by Gasteiger charge is 2.01. The molecule has 0 aromatic heterocycles. The largest absolute Gasteiger partial charge is 0.492 e. The van der Waals surface area contributed by atoms with Crippen LogP contribution in [0.3, 0.4) is 0 Å². The molecule has 0 atom stereocenters. The van der Waals surface area contributed by atoms with Crippen molar-refractivity contribution in [1.82, 2.24) is 10.6 Å². The summed E-state index contributed by atoms with van der Waals surface area (Å²) < 4.78 is 5.73. The summed E-state index contributed by atoms with van der Waals surface area (Å²) in [5.74, 6) is 1.35. The summed E-state index contributed by atoms with van der Waals surface area (Å²) in [6.45, 7) is 6.02. The maximum Gasteiger partial charge on any atom is 0.221 e. The third-order valence-corrected chi connectivity index (χ3v) is 3.96. The molecule has 6 nitrogen and oxygen atoms in total. The monoisotopic (exact) mass is 402 g/mol. The van der Waals surface area contributed by atoms with E-state index < -0.39 is 0 Å². The molecule has 1 amide bonds. The van der Waals surface area contributed by atoms with Crippen LogP contribution in [0.5, 0.6) is 5.75 Å². The highest BCUT2D eigenvalue weighted by molar-refractivity contribution is 6.30. The van der Waals surface area contributed by atoms with Gasteiger partial charge < -0.3 is 20.7 Å². The maximum absolute atomic E-state index is 11.1. The number of carbonyl (C=O) groups excluding carboxylic acids is 1. The summed E-state index contributed by atoms with van der Waals surface area (Å²) >= 11 is 6.01. The van der Waals surface area contributed by atoms with E-state index in [4.69, 9.17) is 16.3 Å². The molecule has 0 aliphatic heterocycles. The molecule has 0 bridgehead atoms. The minimum absolute atomic E-state index is 0.108. The lowest BCUT2D eigenvalue weighted by atomic mass is 10.1. The smallest absolute Gasteiger partial charge is 0.221 e. The third kappa shape index (κ3) is 8.31. The first-order valence-electron chi connectivity index (χ1n) is 9.34. The topological polar surface area (TPSA) is 74.8 Å². The number of hydrogen-bond acceptors (Lipinski definition) is 3. The van der Waals surface area contributed by atoms with E-state index in [-0.39, 0.29) is 5.91 Å². The summed E-state index contributed by atoms with van der Waals surface area (Å²) in [7, 11) is 0. The van der Waals surface area contributed by atoms with Crippen LogP contribution in [-0.2, 0) is 11.2 Å². The van der Waals surface area contributed by atoms with Crippen molar-refractivity contribution < 1.29 is 9.53 Å². The average Bonchev–Trinajstić information content (AvgIpc) is 2.65. The summed E-state index contributed by atoms with van der Waals surface area (Å²) in [5.41, 5.74) is 1.88. The Balaban J connectivity index is 1.77. The number of anilines is 1. The molecule has 7 heteroatoms. The lowest BCUT2D eigenvalue weighted by molar-refractivity contribution is -0.114. The number of hydrogen-bond donors (Lipinski definition) is 3. The summed E-state index contributed by atoms with van der Waals surface area (Å²) in [4.78, 5) is 15.7. The SMILES string of the molecule is CCNC(=NCCc1cccc(Cl)c1)NCCOc1cccc(NC(C)=O)c1. The molecule has 0 unspecified atom stereocenters. The Bertz CT molecular complexity index is 795. The fourth-order valence-corrected chi connectivity index (χ4v) is 2.75. The third-order valence-electron chi connectivity index (χ3n) is 3.72. The van der Waals surface area contributed by atoms with E-state index in [1.807, 2.05) is 49.4 Å². The number of ether oxygens (including phenoxy) is 1. The number of nitrogens with zero attached hydrogens (tertiary/aromatic N) is 1. The first kappa shape index (κ1) is 21.6. The zero-order chi connectivity index (χ0) is 20.2. The van der Waals surface area contributed by atoms with Gasteiger partial charge in [-0.15, -0.1) is 0 Å². The van der Waals surface area contributed by atoms with Crippen LogP contribution in [0.1, 0.15) is 19.4 Å². The normalized spacial score (nSPS) is 11.0. The van der Waals surface area contributed by atoms with Gasteiger partial charge in [0.05, 0.1) is 6.54 Å². The van der Waals surface area contributed by atoms with Gasteiger partial charge in [0.25, 0.3) is 0 Å². The molecule has 150 valence electrons. The van der Waals surface area contributed by atoms with E-state index in [0.29, 0.717) is 31.1 Å². The van der Waals surface area contributed by atoms with Crippen molar-refractivity contribution in [2.24, 2.45) is 4.99 Å². The van der Waals surface area contributed by atoms with Gasteiger partial charge in [-0.2, -0.15) is 0 Å². The Morgan fingerprint density at radius 3 is 2.71 bits per heavy atom. The molecule has 0 spiro atoms. The van der Waals surface area contributed by atoms with Gasteiger partial charge in [0.15, 0.2) is 5.96 Å². The van der Waals surface area contributed by atoms with Gasteiger partial charge in [-0.25, -0.2) is 0 Å². The van der Waals surface area contributed by atoms with Gasteiger partial charge in [0.1, 0.15) is 12.4 Å². The lowest BCUT2D eigenvalue weighted by Gasteiger charge is -2.12. The molecular weight excluding hydrogens is 376 g/mol. The van der Waals surface area contributed by atoms with Crippen molar-refractivity contribution in [3.8, 4) is 5.75 Å². The van der Waals surface area contributed by atoms with Gasteiger partial charge in [-0.1, -0.05) is 29.8 Å². The Morgan fingerprint density at radius 1 is 1.14 bits per heavy atom. The van der Waals surface area contributed by atoms with Gasteiger partial charge in [-0.05, 0) is 43.2 Å². The van der Waals surface area contributed by atoms with Crippen molar-refractivity contribution >= 4 is 29.2 Å². The molecule has 0 radical (unpaired) electrons. The first-order chi connectivity index (χ1) is 13.6. The Hall–Kier alpha value is -2.73. The Morgan fingerprint density at radius 2 is 1.96 bits per heavy atom. The number of guanidine groups is 1. The molecule has 0 saturated carbocycles. The fourth-order valence-electron chi connectivity index (χ4n) is 2.54. The van der Waals surface area contributed by atoms with Crippen molar-refractivity contribution in [1.29, 1.82) is 0 Å². The van der Waals surface area contributed by atoms with Crippen LogP contribution in [0.25, 0.3) is 0 Å². The second kappa shape index (κ2) is 11.9. The van der Waals surface area contributed by atoms with Crippen LogP contribution in [0, 0.1) is 0 Å². The maximum atomic E-state index is 11.1. The van der Waals surface area contributed by atoms with Gasteiger partial charge in [0.2, 0.25) is 5.91 Å². The summed E-state index contributed by atoms with van der Waals surface area (Å²) in [6, 6.07) is 15.1. The summed E-state index contributed by atoms with van der Waals surface area (Å²) in [5, 5.41) is 9.95. The fraction of sp³-hybridized carbons (Fsp3) is 0.333. The van der Waals surface area contributed by atoms with Crippen LogP contribution < -0.4 is 20.7 Å². The molecule has 0 heterocycles. The minimum Gasteiger partial charge on any atom is -0.492 e. The van der Waals surface area contributed by atoms with Crippen molar-refractivity contribution in [3.63, 3.8) is 0 Å². The number of benzene rings is 2. The second-order valence-electron chi connectivity index (χ2n) is 6.12. The Kier molecular flexibility index (Phi) is 9.15. The lowest BCUT2D eigenvalue weighted by Crippen LogP contribution is -2.39. The zero-order valence-electron chi connectivity index (χ0n) is 16.3. The number of rotatable bonds is 9. The minimum atomic E-state index is -0.108. The summed E-state index contributed by atoms with van der Waals surface area (Å²) in [6.07, 6.45) is 0.823. The number of nitrogens with one attached hydrogen (secondary N) is 3. The molecule has 0 aliphatic carbocycles. The highest BCUT2D eigenvalue weighted by atomic mass is 35.5. The number of amides is 1. The molecular formula is C21H27ClN4O2. The zero-order valence-corrected chi connectivity index (χ0v) is 17.1. The van der Waals surface area contributed by atoms with Crippen LogP contribution in [0.2, 0.25) is 5.02 Å². The second-order valence-corrected chi connectivity index (χ2v) is 6.56. The van der Waals surface area contributed by atoms with Crippen LogP contribution >= 0.6 is 11.6 Å². The van der Waals surface area contributed by atoms with Gasteiger partial charge in [-0.3, -0.25) is 9.79 Å². The molecule has 0 aliphatic rings. The van der Waals surface area contributed by atoms with E-state index >= 15 is 0 Å². The molecule has 0 fully saturated rings. The predicted molar refractivity (Wildman–Crippen MR) is 115 cm³/mol. The van der Waals surface area contributed by atoms with Crippen molar-refractivity contribution in [3.05, 3.63) is 59.1 Å². The van der Waals surface area contributed by atoms with Crippen LogP contribution in [-0.4, -0.2) is 38.1 Å². The molecule has 2 aromatic carbocycles. The standard InChI is InChI=1S/C21H27ClN4O2/c1-3-23-21(24-11-10-17-6-4-7-18(22)14-17)25-12-13-28-20-9-5-8-19(15-20)26-16(2)27/h4-9,14-15H,3,10-13H2,1-2H3,(H,26,27)(H2,23,24,25). The number of carbonyl (C=O) groups is 1. The average molecular weight is 403 g/mol. The molecule has 2 aromatic rings. The van der Waals surface area contributed by atoms with Crippen LogP contribution in [0.4, 0.5) is 5.69 Å². The molecule has 2 rings (SSSR count). The predicted octanol–water partition coefficient (Wildman–Crippen LogP) is 3.48. The van der Waals surface area contributed by atoms with E-state index in [2.05, 4.69) is 20.9 Å². The quantitative estimate of drug-likeness (QED) is 0.341. The number of halogens is 1. The van der Waals surface area contributed by atoms with Gasteiger partial charge in [0, 0.05) is 36.8 Å². The van der Waals surface area contributed by atoms with Crippen molar-refractivity contribution in [2.75, 3.05) is 31.6 Å². The van der Waals surface area contributed by atoms with E-state index in [9.17, 15) is 4.79 Å². The molecule has 28 heavy (non-hydrogen) atoms.